The summed E-state index contributed by atoms with van der Waals surface area (Å²) in [6.07, 6.45) is 3.69. The van der Waals surface area contributed by atoms with Crippen LogP contribution in [0.3, 0.4) is 0 Å². The molecule has 0 aliphatic carbocycles. The fourth-order valence-corrected chi connectivity index (χ4v) is 3.53. The molecule has 1 amide bonds. The Labute approximate surface area is 177 Å². The molecule has 1 aromatic carbocycles. The van der Waals surface area contributed by atoms with Crippen molar-refractivity contribution in [1.29, 1.82) is 0 Å². The van der Waals surface area contributed by atoms with Gasteiger partial charge >= 0.3 is 0 Å². The number of likely N-dealkylation sites (tertiary alicyclic amines) is 1. The monoisotopic (exact) mass is 425 g/mol. The third kappa shape index (κ3) is 4.21. The van der Waals surface area contributed by atoms with Gasteiger partial charge < -0.3 is 15.2 Å². The number of carbonyl (C=O) groups excluding carboxylic acids is 1. The summed E-state index contributed by atoms with van der Waals surface area (Å²) in [5.74, 6) is 6.80. The van der Waals surface area contributed by atoms with Gasteiger partial charge in [-0.1, -0.05) is 35.7 Å². The van der Waals surface area contributed by atoms with E-state index in [4.69, 9.17) is 23.2 Å². The van der Waals surface area contributed by atoms with Crippen LogP contribution >= 0.6 is 23.2 Å². The molecule has 0 radical (unpaired) electrons. The predicted molar refractivity (Wildman–Crippen MR) is 115 cm³/mol. The van der Waals surface area contributed by atoms with Crippen molar-refractivity contribution < 1.29 is 4.79 Å². The highest BCUT2D eigenvalue weighted by molar-refractivity contribution is 6.42. The van der Waals surface area contributed by atoms with E-state index in [9.17, 15) is 4.79 Å². The number of amides is 1. The highest BCUT2D eigenvalue weighted by atomic mass is 35.5. The zero-order chi connectivity index (χ0) is 20.4. The Morgan fingerprint density at radius 2 is 2.14 bits per heavy atom. The maximum absolute atomic E-state index is 11.8. The molecule has 1 saturated heterocycles. The number of fused-ring (bicyclic) bond motifs is 1. The van der Waals surface area contributed by atoms with Crippen molar-refractivity contribution in [3.63, 3.8) is 0 Å². The Morgan fingerprint density at radius 3 is 2.93 bits per heavy atom. The molecule has 6 nitrogen and oxygen atoms in total. The lowest BCUT2D eigenvalue weighted by molar-refractivity contribution is -0.125. The maximum atomic E-state index is 11.8. The average molecular weight is 426 g/mol. The SMILES string of the molecule is C=CC(=O)N1CCC(Nc2ncnc3[nH]c(C#Cc4ccc(Cl)c(Cl)c4)cc23)C1. The van der Waals surface area contributed by atoms with Gasteiger partial charge in [0, 0.05) is 24.7 Å². The fraction of sp³-hybridized carbons (Fsp3) is 0.190. The van der Waals surface area contributed by atoms with Crippen molar-refractivity contribution in [2.75, 3.05) is 18.4 Å². The van der Waals surface area contributed by atoms with Gasteiger partial charge in [0.25, 0.3) is 0 Å². The number of aromatic nitrogens is 3. The van der Waals surface area contributed by atoms with Gasteiger partial charge in [-0.05, 0) is 42.7 Å². The van der Waals surface area contributed by atoms with E-state index in [1.165, 1.54) is 12.4 Å². The van der Waals surface area contributed by atoms with E-state index in [2.05, 4.69) is 38.7 Å². The van der Waals surface area contributed by atoms with Crippen molar-refractivity contribution in [3.8, 4) is 11.8 Å². The Kier molecular flexibility index (Phi) is 5.43. The first-order valence-electron chi connectivity index (χ1n) is 9.02. The number of hydrogen-bond acceptors (Lipinski definition) is 4. The largest absolute Gasteiger partial charge is 0.365 e. The van der Waals surface area contributed by atoms with Crippen LogP contribution < -0.4 is 5.32 Å². The van der Waals surface area contributed by atoms with Crippen molar-refractivity contribution in [2.45, 2.75) is 12.5 Å². The fourth-order valence-electron chi connectivity index (χ4n) is 3.24. The van der Waals surface area contributed by atoms with Gasteiger partial charge in [-0.15, -0.1) is 0 Å². The van der Waals surface area contributed by atoms with Gasteiger partial charge in [0.1, 0.15) is 17.8 Å². The van der Waals surface area contributed by atoms with Crippen LogP contribution in [0.2, 0.25) is 10.0 Å². The number of halogens is 2. The molecule has 8 heteroatoms. The van der Waals surface area contributed by atoms with Crippen LogP contribution in [0.15, 0.2) is 43.2 Å². The second-order valence-corrected chi connectivity index (χ2v) is 7.48. The summed E-state index contributed by atoms with van der Waals surface area (Å²) >= 11 is 12.0. The van der Waals surface area contributed by atoms with Crippen LogP contribution in [0.25, 0.3) is 11.0 Å². The lowest BCUT2D eigenvalue weighted by atomic mass is 10.2. The van der Waals surface area contributed by atoms with E-state index in [0.717, 1.165) is 17.4 Å². The minimum Gasteiger partial charge on any atom is -0.365 e. The van der Waals surface area contributed by atoms with Gasteiger partial charge in [-0.25, -0.2) is 9.97 Å². The molecular formula is C21H17Cl2N5O. The molecule has 0 bridgehead atoms. The lowest BCUT2D eigenvalue weighted by Gasteiger charge is -2.15. The van der Waals surface area contributed by atoms with Crippen LogP contribution in [0.5, 0.6) is 0 Å². The van der Waals surface area contributed by atoms with Gasteiger partial charge in [0.15, 0.2) is 0 Å². The van der Waals surface area contributed by atoms with Gasteiger partial charge in [0.05, 0.1) is 21.1 Å². The predicted octanol–water partition coefficient (Wildman–Crippen LogP) is 3.86. The summed E-state index contributed by atoms with van der Waals surface area (Å²) in [6, 6.07) is 7.28. The summed E-state index contributed by atoms with van der Waals surface area (Å²) in [7, 11) is 0. The number of carbonyl (C=O) groups is 1. The first-order chi connectivity index (χ1) is 14.0. The molecule has 4 rings (SSSR count). The summed E-state index contributed by atoms with van der Waals surface area (Å²) in [5.41, 5.74) is 2.17. The van der Waals surface area contributed by atoms with Crippen LogP contribution in [0, 0.1) is 11.8 Å². The molecule has 1 unspecified atom stereocenters. The van der Waals surface area contributed by atoms with E-state index in [1.807, 2.05) is 12.1 Å². The first-order valence-corrected chi connectivity index (χ1v) is 9.78. The number of nitrogens with zero attached hydrogens (tertiary/aromatic N) is 3. The molecule has 1 fully saturated rings. The highest BCUT2D eigenvalue weighted by Gasteiger charge is 2.25. The number of rotatable bonds is 3. The summed E-state index contributed by atoms with van der Waals surface area (Å²) < 4.78 is 0. The molecule has 29 heavy (non-hydrogen) atoms. The number of benzene rings is 1. The molecule has 1 atom stereocenters. The third-order valence-electron chi connectivity index (χ3n) is 4.70. The number of aromatic amines is 1. The van der Waals surface area contributed by atoms with E-state index in [0.29, 0.717) is 40.3 Å². The van der Waals surface area contributed by atoms with E-state index < -0.39 is 0 Å². The quantitative estimate of drug-likeness (QED) is 0.493. The Bertz CT molecular complexity index is 1160. The molecule has 3 aromatic rings. The summed E-state index contributed by atoms with van der Waals surface area (Å²) in [5, 5.41) is 5.22. The van der Waals surface area contributed by atoms with Crippen molar-refractivity contribution >= 4 is 46.0 Å². The molecular weight excluding hydrogens is 409 g/mol. The number of anilines is 1. The zero-order valence-corrected chi connectivity index (χ0v) is 16.9. The lowest BCUT2D eigenvalue weighted by Crippen LogP contribution is -2.30. The molecule has 1 aliphatic heterocycles. The maximum Gasteiger partial charge on any atom is 0.246 e. The molecule has 0 spiro atoms. The molecule has 3 heterocycles. The van der Waals surface area contributed by atoms with Gasteiger partial charge in [0.2, 0.25) is 5.91 Å². The smallest absolute Gasteiger partial charge is 0.246 e. The first kappa shape index (κ1) is 19.3. The molecule has 2 aromatic heterocycles. The van der Waals surface area contributed by atoms with Crippen molar-refractivity contribution in [2.24, 2.45) is 0 Å². The van der Waals surface area contributed by atoms with Crippen LogP contribution in [0.1, 0.15) is 17.7 Å². The van der Waals surface area contributed by atoms with Gasteiger partial charge in [-0.3, -0.25) is 4.79 Å². The minimum atomic E-state index is -0.0522. The molecule has 146 valence electrons. The number of H-pyrrole nitrogens is 1. The Morgan fingerprint density at radius 1 is 1.28 bits per heavy atom. The zero-order valence-electron chi connectivity index (χ0n) is 15.4. The van der Waals surface area contributed by atoms with E-state index >= 15 is 0 Å². The van der Waals surface area contributed by atoms with Gasteiger partial charge in [-0.2, -0.15) is 0 Å². The third-order valence-corrected chi connectivity index (χ3v) is 5.44. The molecule has 1 aliphatic rings. The summed E-state index contributed by atoms with van der Waals surface area (Å²) in [6.45, 7) is 4.86. The average Bonchev–Trinajstić information content (AvgIpc) is 3.35. The van der Waals surface area contributed by atoms with Crippen LogP contribution in [0.4, 0.5) is 5.82 Å². The molecule has 0 saturated carbocycles. The standard InChI is InChI=1S/C21H17Cl2N5O/c1-2-19(29)28-8-7-15(11-28)27-21-16-10-14(26-20(16)24-12-25-21)5-3-13-4-6-17(22)18(23)9-13/h2,4,6,9-10,12,15H,1,7-8,11H2,(H2,24,25,26,27). The highest BCUT2D eigenvalue weighted by Crippen LogP contribution is 2.24. The Hall–Kier alpha value is -3.01. The van der Waals surface area contributed by atoms with Crippen LogP contribution in [-0.2, 0) is 4.79 Å². The van der Waals surface area contributed by atoms with E-state index in [1.54, 1.807) is 17.0 Å². The minimum absolute atomic E-state index is 0.0522. The number of nitrogens with one attached hydrogen (secondary N) is 2. The van der Waals surface area contributed by atoms with Crippen molar-refractivity contribution in [1.82, 2.24) is 19.9 Å². The normalized spacial score (nSPS) is 15.8. The molecule has 2 N–H and O–H groups in total. The van der Waals surface area contributed by atoms with Crippen molar-refractivity contribution in [3.05, 3.63) is 64.6 Å². The second-order valence-electron chi connectivity index (χ2n) is 6.66. The Balaban J connectivity index is 1.55. The topological polar surface area (TPSA) is 73.9 Å². The summed E-state index contributed by atoms with van der Waals surface area (Å²) in [4.78, 5) is 25.4. The van der Waals surface area contributed by atoms with Crippen LogP contribution in [-0.4, -0.2) is 44.9 Å². The number of hydrogen-bond donors (Lipinski definition) is 2. The van der Waals surface area contributed by atoms with E-state index in [-0.39, 0.29) is 11.9 Å². The second kappa shape index (κ2) is 8.16.